The Bertz CT molecular complexity index is 555. The third kappa shape index (κ3) is 2.65. The SMILES string of the molecule is O=C([O-])c1ccccc1Sc1ccccc1F. The number of carboxylic acids is 1. The van der Waals surface area contributed by atoms with Crippen molar-refractivity contribution in [3.05, 3.63) is 59.9 Å². The molecular formula is C13H8FO2S-. The van der Waals surface area contributed by atoms with Gasteiger partial charge in [0.05, 0.1) is 5.97 Å². The highest BCUT2D eigenvalue weighted by Gasteiger charge is 2.07. The second kappa shape index (κ2) is 5.01. The lowest BCUT2D eigenvalue weighted by Crippen LogP contribution is -2.22. The van der Waals surface area contributed by atoms with Crippen molar-refractivity contribution in [3.63, 3.8) is 0 Å². The molecule has 0 saturated heterocycles. The number of aromatic carboxylic acids is 1. The maximum Gasteiger partial charge on any atom is 0.137 e. The van der Waals surface area contributed by atoms with Crippen LogP contribution in [0.15, 0.2) is 58.3 Å². The van der Waals surface area contributed by atoms with Crippen molar-refractivity contribution in [3.8, 4) is 0 Å². The number of carbonyl (C=O) groups excluding carboxylic acids is 1. The fourth-order valence-corrected chi connectivity index (χ4v) is 2.33. The van der Waals surface area contributed by atoms with Gasteiger partial charge in [0.25, 0.3) is 0 Å². The minimum absolute atomic E-state index is 0.0701. The summed E-state index contributed by atoms with van der Waals surface area (Å²) in [6.07, 6.45) is 0. The first-order valence-corrected chi connectivity index (χ1v) is 5.73. The van der Waals surface area contributed by atoms with Gasteiger partial charge in [0.15, 0.2) is 0 Å². The largest absolute Gasteiger partial charge is 0.545 e. The summed E-state index contributed by atoms with van der Waals surface area (Å²) in [5, 5.41) is 10.9. The highest BCUT2D eigenvalue weighted by atomic mass is 32.2. The van der Waals surface area contributed by atoms with Gasteiger partial charge in [-0.15, -0.1) is 0 Å². The molecule has 2 aromatic rings. The van der Waals surface area contributed by atoms with Crippen molar-refractivity contribution in [2.24, 2.45) is 0 Å². The normalized spacial score (nSPS) is 10.2. The molecule has 2 nitrogen and oxygen atoms in total. The Morgan fingerprint density at radius 1 is 1.00 bits per heavy atom. The average Bonchev–Trinajstić information content (AvgIpc) is 2.32. The standard InChI is InChI=1S/C13H9FO2S/c14-10-6-2-4-8-12(10)17-11-7-3-1-5-9(11)13(15)16/h1-8H,(H,15,16)/p-1. The van der Waals surface area contributed by atoms with Crippen molar-refractivity contribution < 1.29 is 14.3 Å². The van der Waals surface area contributed by atoms with E-state index in [0.29, 0.717) is 9.79 Å². The van der Waals surface area contributed by atoms with Crippen LogP contribution in [0.2, 0.25) is 0 Å². The number of rotatable bonds is 3. The summed E-state index contributed by atoms with van der Waals surface area (Å²) >= 11 is 1.07. The second-order valence-corrected chi connectivity index (χ2v) is 4.40. The zero-order valence-electron chi connectivity index (χ0n) is 8.72. The Morgan fingerprint density at radius 3 is 2.24 bits per heavy atom. The average molecular weight is 247 g/mol. The topological polar surface area (TPSA) is 40.1 Å². The van der Waals surface area contributed by atoms with E-state index >= 15 is 0 Å². The maximum atomic E-state index is 13.4. The van der Waals surface area contributed by atoms with Gasteiger partial charge in [-0.25, -0.2) is 4.39 Å². The molecule has 2 rings (SSSR count). The Labute approximate surface area is 102 Å². The third-order valence-corrected chi connectivity index (χ3v) is 3.29. The summed E-state index contributed by atoms with van der Waals surface area (Å²) in [7, 11) is 0. The highest BCUT2D eigenvalue weighted by Crippen LogP contribution is 2.31. The van der Waals surface area contributed by atoms with Crippen LogP contribution < -0.4 is 5.11 Å². The van der Waals surface area contributed by atoms with Crippen LogP contribution in [0.25, 0.3) is 0 Å². The van der Waals surface area contributed by atoms with E-state index in [1.165, 1.54) is 12.1 Å². The maximum absolute atomic E-state index is 13.4. The molecular weight excluding hydrogens is 239 g/mol. The smallest absolute Gasteiger partial charge is 0.137 e. The second-order valence-electron chi connectivity index (χ2n) is 3.32. The summed E-state index contributed by atoms with van der Waals surface area (Å²) in [4.78, 5) is 11.7. The van der Waals surface area contributed by atoms with Crippen LogP contribution in [0.4, 0.5) is 4.39 Å². The van der Waals surface area contributed by atoms with Gasteiger partial charge < -0.3 is 9.90 Å². The zero-order chi connectivity index (χ0) is 12.3. The predicted molar refractivity (Wildman–Crippen MR) is 61.3 cm³/mol. The Kier molecular flexibility index (Phi) is 3.44. The van der Waals surface area contributed by atoms with Gasteiger partial charge in [-0.3, -0.25) is 0 Å². The first-order chi connectivity index (χ1) is 8.18. The number of halogens is 1. The van der Waals surface area contributed by atoms with Crippen LogP contribution in [-0.2, 0) is 0 Å². The van der Waals surface area contributed by atoms with Crippen LogP contribution in [-0.4, -0.2) is 5.97 Å². The van der Waals surface area contributed by atoms with Crippen molar-refractivity contribution in [1.82, 2.24) is 0 Å². The molecule has 0 bridgehead atoms. The molecule has 0 fully saturated rings. The zero-order valence-corrected chi connectivity index (χ0v) is 9.54. The minimum Gasteiger partial charge on any atom is -0.545 e. The van der Waals surface area contributed by atoms with Crippen LogP contribution in [0.5, 0.6) is 0 Å². The molecule has 86 valence electrons. The van der Waals surface area contributed by atoms with Gasteiger partial charge in [-0.05, 0) is 18.2 Å². The molecule has 4 heteroatoms. The number of carbonyl (C=O) groups is 1. The first kappa shape index (κ1) is 11.7. The van der Waals surface area contributed by atoms with E-state index in [-0.39, 0.29) is 11.4 Å². The van der Waals surface area contributed by atoms with E-state index in [2.05, 4.69) is 0 Å². The molecule has 0 N–H and O–H groups in total. The summed E-state index contributed by atoms with van der Waals surface area (Å²) < 4.78 is 13.4. The summed E-state index contributed by atoms with van der Waals surface area (Å²) in [5.41, 5.74) is 0.0701. The molecule has 0 aliphatic heterocycles. The molecule has 0 radical (unpaired) electrons. The van der Waals surface area contributed by atoms with E-state index < -0.39 is 5.97 Å². The quantitative estimate of drug-likeness (QED) is 0.835. The molecule has 0 heterocycles. The summed E-state index contributed by atoms with van der Waals surface area (Å²) in [5.74, 6) is -1.63. The third-order valence-electron chi connectivity index (χ3n) is 2.16. The lowest BCUT2D eigenvalue weighted by molar-refractivity contribution is -0.255. The van der Waals surface area contributed by atoms with E-state index in [1.54, 1.807) is 36.4 Å². The highest BCUT2D eigenvalue weighted by molar-refractivity contribution is 7.99. The number of hydrogen-bond donors (Lipinski definition) is 0. The molecule has 0 aliphatic rings. The van der Waals surface area contributed by atoms with Gasteiger partial charge in [-0.2, -0.15) is 0 Å². The van der Waals surface area contributed by atoms with Crippen LogP contribution >= 0.6 is 11.8 Å². The van der Waals surface area contributed by atoms with Gasteiger partial charge >= 0.3 is 0 Å². The van der Waals surface area contributed by atoms with Crippen molar-refractivity contribution >= 4 is 17.7 Å². The van der Waals surface area contributed by atoms with E-state index in [9.17, 15) is 14.3 Å². The summed E-state index contributed by atoms with van der Waals surface area (Å²) in [6.45, 7) is 0. The van der Waals surface area contributed by atoms with Crippen molar-refractivity contribution in [2.75, 3.05) is 0 Å². The number of benzene rings is 2. The van der Waals surface area contributed by atoms with E-state index in [1.807, 2.05) is 0 Å². The molecule has 17 heavy (non-hydrogen) atoms. The molecule has 0 saturated carbocycles. The Balaban J connectivity index is 2.37. The lowest BCUT2D eigenvalue weighted by atomic mass is 10.2. The van der Waals surface area contributed by atoms with Crippen LogP contribution in [0.1, 0.15) is 10.4 Å². The molecule has 2 aromatic carbocycles. The van der Waals surface area contributed by atoms with Gasteiger partial charge in [-0.1, -0.05) is 42.1 Å². The molecule has 0 unspecified atom stereocenters. The van der Waals surface area contributed by atoms with Gasteiger partial charge in [0.2, 0.25) is 0 Å². The van der Waals surface area contributed by atoms with E-state index in [4.69, 9.17) is 0 Å². The minimum atomic E-state index is -1.26. The Morgan fingerprint density at radius 2 is 1.59 bits per heavy atom. The molecule has 0 amide bonds. The summed E-state index contributed by atoms with van der Waals surface area (Å²) in [6, 6.07) is 12.6. The fraction of sp³-hybridized carbons (Fsp3) is 0. The Hall–Kier alpha value is -1.81. The number of carboxylic acid groups (broad SMARTS) is 1. The van der Waals surface area contributed by atoms with Gasteiger partial charge in [0.1, 0.15) is 5.82 Å². The number of hydrogen-bond acceptors (Lipinski definition) is 3. The molecule has 0 spiro atoms. The fourth-order valence-electron chi connectivity index (χ4n) is 1.37. The molecule has 0 aliphatic carbocycles. The monoisotopic (exact) mass is 247 g/mol. The first-order valence-electron chi connectivity index (χ1n) is 4.91. The lowest BCUT2D eigenvalue weighted by Gasteiger charge is -2.09. The van der Waals surface area contributed by atoms with Crippen molar-refractivity contribution in [2.45, 2.75) is 9.79 Å². The molecule has 0 aromatic heterocycles. The molecule has 0 atom stereocenters. The predicted octanol–water partition coefficient (Wildman–Crippen LogP) is 2.34. The van der Waals surface area contributed by atoms with E-state index in [0.717, 1.165) is 11.8 Å². The van der Waals surface area contributed by atoms with Crippen LogP contribution in [0.3, 0.4) is 0 Å². The van der Waals surface area contributed by atoms with Gasteiger partial charge in [0, 0.05) is 15.4 Å². The van der Waals surface area contributed by atoms with Crippen molar-refractivity contribution in [1.29, 1.82) is 0 Å². The van der Waals surface area contributed by atoms with Crippen LogP contribution in [0, 0.1) is 5.82 Å².